The molecular weight excluding hydrogens is 294 g/mol. The monoisotopic (exact) mass is 317 g/mol. The second-order valence-electron chi connectivity index (χ2n) is 5.44. The summed E-state index contributed by atoms with van der Waals surface area (Å²) in [5, 5.41) is 4.97. The van der Waals surface area contributed by atoms with E-state index in [1.54, 1.807) is 11.3 Å². The number of rotatable bonds is 7. The molecule has 0 fully saturated rings. The van der Waals surface area contributed by atoms with Crippen LogP contribution in [0.15, 0.2) is 41.8 Å². The molecule has 0 aliphatic rings. The first-order valence-electron chi connectivity index (χ1n) is 7.66. The summed E-state index contributed by atoms with van der Waals surface area (Å²) in [6.07, 6.45) is 1.04. The van der Waals surface area contributed by atoms with Crippen LogP contribution < -0.4 is 10.1 Å². The first kappa shape index (κ1) is 16.6. The smallest absolute Gasteiger partial charge is 0.258 e. The molecule has 3 nitrogen and oxygen atoms in total. The van der Waals surface area contributed by atoms with E-state index >= 15 is 0 Å². The molecule has 1 aromatic carbocycles. The summed E-state index contributed by atoms with van der Waals surface area (Å²) in [6, 6.07) is 12.0. The largest absolute Gasteiger partial charge is 0.483 e. The van der Waals surface area contributed by atoms with Crippen molar-refractivity contribution in [3.05, 3.63) is 52.2 Å². The number of amides is 1. The molecule has 0 aliphatic carbocycles. The molecule has 118 valence electrons. The normalized spacial score (nSPS) is 13.4. The lowest BCUT2D eigenvalue weighted by Crippen LogP contribution is -2.31. The SMILES string of the molecule is CCC(C)c1ccccc1OCC(=O)NC(C)c1cccs1. The second kappa shape index (κ2) is 7.99. The molecule has 1 N–H and O–H groups in total. The molecule has 2 aromatic rings. The first-order chi connectivity index (χ1) is 10.6. The zero-order chi connectivity index (χ0) is 15.9. The Bertz CT molecular complexity index is 595. The average Bonchev–Trinajstić information content (AvgIpc) is 3.07. The van der Waals surface area contributed by atoms with E-state index in [2.05, 4.69) is 25.2 Å². The van der Waals surface area contributed by atoms with Crippen LogP contribution in [0.3, 0.4) is 0 Å². The van der Waals surface area contributed by atoms with E-state index < -0.39 is 0 Å². The van der Waals surface area contributed by atoms with E-state index in [1.807, 2.05) is 42.6 Å². The molecule has 1 heterocycles. The number of benzene rings is 1. The highest BCUT2D eigenvalue weighted by molar-refractivity contribution is 7.10. The van der Waals surface area contributed by atoms with E-state index in [4.69, 9.17) is 4.74 Å². The molecule has 1 aromatic heterocycles. The van der Waals surface area contributed by atoms with Gasteiger partial charge in [0.25, 0.3) is 5.91 Å². The molecule has 4 heteroatoms. The van der Waals surface area contributed by atoms with Gasteiger partial charge in [0.15, 0.2) is 6.61 Å². The van der Waals surface area contributed by atoms with Gasteiger partial charge < -0.3 is 10.1 Å². The van der Waals surface area contributed by atoms with Gasteiger partial charge in [-0.25, -0.2) is 0 Å². The lowest BCUT2D eigenvalue weighted by molar-refractivity contribution is -0.123. The first-order valence-corrected chi connectivity index (χ1v) is 8.54. The third kappa shape index (κ3) is 4.34. The molecule has 0 bridgehead atoms. The van der Waals surface area contributed by atoms with Crippen molar-refractivity contribution < 1.29 is 9.53 Å². The maximum atomic E-state index is 12.0. The molecule has 0 saturated heterocycles. The number of ether oxygens (including phenoxy) is 1. The van der Waals surface area contributed by atoms with Gasteiger partial charge in [-0.3, -0.25) is 4.79 Å². The van der Waals surface area contributed by atoms with Crippen LogP contribution in [-0.2, 0) is 4.79 Å². The predicted octanol–water partition coefficient (Wildman–Crippen LogP) is 4.52. The molecular formula is C18H23NO2S. The zero-order valence-corrected chi connectivity index (χ0v) is 14.2. The summed E-state index contributed by atoms with van der Waals surface area (Å²) < 4.78 is 5.73. The maximum Gasteiger partial charge on any atom is 0.258 e. The van der Waals surface area contributed by atoms with Gasteiger partial charge in [-0.15, -0.1) is 11.3 Å². The Morgan fingerprint density at radius 3 is 2.68 bits per heavy atom. The van der Waals surface area contributed by atoms with Crippen molar-refractivity contribution in [3.63, 3.8) is 0 Å². The Hall–Kier alpha value is -1.81. The molecule has 2 atom stereocenters. The third-order valence-corrected chi connectivity index (χ3v) is 4.82. The molecule has 1 amide bonds. The van der Waals surface area contributed by atoms with Crippen LogP contribution in [-0.4, -0.2) is 12.5 Å². The Balaban J connectivity index is 1.91. The van der Waals surface area contributed by atoms with Crippen LogP contribution in [0.5, 0.6) is 5.75 Å². The zero-order valence-electron chi connectivity index (χ0n) is 13.3. The summed E-state index contributed by atoms with van der Waals surface area (Å²) in [5.74, 6) is 1.12. The maximum absolute atomic E-state index is 12.0. The van der Waals surface area contributed by atoms with Crippen LogP contribution >= 0.6 is 11.3 Å². The van der Waals surface area contributed by atoms with Gasteiger partial charge in [-0.05, 0) is 42.3 Å². The Morgan fingerprint density at radius 2 is 2.00 bits per heavy atom. The minimum atomic E-state index is -0.0974. The lowest BCUT2D eigenvalue weighted by Gasteiger charge is -2.16. The summed E-state index contributed by atoms with van der Waals surface area (Å²) in [4.78, 5) is 13.2. The van der Waals surface area contributed by atoms with Crippen LogP contribution in [0.2, 0.25) is 0 Å². The number of hydrogen-bond acceptors (Lipinski definition) is 3. The molecule has 22 heavy (non-hydrogen) atoms. The van der Waals surface area contributed by atoms with Crippen molar-refractivity contribution in [2.75, 3.05) is 6.61 Å². The summed E-state index contributed by atoms with van der Waals surface area (Å²) in [7, 11) is 0. The number of hydrogen-bond donors (Lipinski definition) is 1. The Labute approximate surface area is 136 Å². The van der Waals surface area contributed by atoms with Crippen LogP contribution in [0.4, 0.5) is 0 Å². The summed E-state index contributed by atoms with van der Waals surface area (Å²) in [5.41, 5.74) is 1.16. The van der Waals surface area contributed by atoms with E-state index in [1.165, 1.54) is 0 Å². The fourth-order valence-corrected chi connectivity index (χ4v) is 3.01. The van der Waals surface area contributed by atoms with E-state index in [9.17, 15) is 4.79 Å². The molecule has 2 rings (SSSR count). The fourth-order valence-electron chi connectivity index (χ4n) is 2.27. The number of nitrogens with one attached hydrogen (secondary N) is 1. The van der Waals surface area contributed by atoms with Gasteiger partial charge in [0.05, 0.1) is 6.04 Å². The molecule has 0 saturated carbocycles. The lowest BCUT2D eigenvalue weighted by atomic mass is 9.98. The second-order valence-corrected chi connectivity index (χ2v) is 6.42. The van der Waals surface area contributed by atoms with Crippen LogP contribution in [0.25, 0.3) is 0 Å². The predicted molar refractivity (Wildman–Crippen MR) is 91.5 cm³/mol. The van der Waals surface area contributed by atoms with Crippen molar-refractivity contribution in [2.45, 2.75) is 39.2 Å². The van der Waals surface area contributed by atoms with Gasteiger partial charge in [0.2, 0.25) is 0 Å². The van der Waals surface area contributed by atoms with E-state index in [-0.39, 0.29) is 18.6 Å². The average molecular weight is 317 g/mol. The van der Waals surface area contributed by atoms with Gasteiger partial charge in [-0.2, -0.15) is 0 Å². The fraction of sp³-hybridized carbons (Fsp3) is 0.389. The van der Waals surface area contributed by atoms with Crippen molar-refractivity contribution in [3.8, 4) is 5.75 Å². The van der Waals surface area contributed by atoms with Crippen LogP contribution in [0.1, 0.15) is 49.6 Å². The minimum absolute atomic E-state index is 0.0147. The van der Waals surface area contributed by atoms with Crippen molar-refractivity contribution in [1.29, 1.82) is 0 Å². The highest BCUT2D eigenvalue weighted by Crippen LogP contribution is 2.28. The number of carbonyl (C=O) groups excluding carboxylic acids is 1. The quantitative estimate of drug-likeness (QED) is 0.815. The number of carbonyl (C=O) groups is 1. The van der Waals surface area contributed by atoms with E-state index in [0.717, 1.165) is 22.6 Å². The topological polar surface area (TPSA) is 38.3 Å². The highest BCUT2D eigenvalue weighted by Gasteiger charge is 2.13. The van der Waals surface area contributed by atoms with E-state index in [0.29, 0.717) is 5.92 Å². The van der Waals surface area contributed by atoms with Gasteiger partial charge in [-0.1, -0.05) is 38.1 Å². The molecule has 0 spiro atoms. The van der Waals surface area contributed by atoms with Gasteiger partial charge in [0, 0.05) is 4.88 Å². The summed E-state index contributed by atoms with van der Waals surface area (Å²) in [6.45, 7) is 6.35. The van der Waals surface area contributed by atoms with Crippen LogP contribution in [0, 0.1) is 0 Å². The third-order valence-electron chi connectivity index (χ3n) is 3.77. The van der Waals surface area contributed by atoms with Crippen molar-refractivity contribution in [2.24, 2.45) is 0 Å². The highest BCUT2D eigenvalue weighted by atomic mass is 32.1. The molecule has 2 unspecified atom stereocenters. The van der Waals surface area contributed by atoms with Gasteiger partial charge in [0.1, 0.15) is 5.75 Å². The standard InChI is InChI=1S/C18H23NO2S/c1-4-13(2)15-8-5-6-9-16(15)21-12-18(20)19-14(3)17-10-7-11-22-17/h5-11,13-14H,4,12H2,1-3H3,(H,19,20). The minimum Gasteiger partial charge on any atom is -0.483 e. The van der Waals surface area contributed by atoms with Crippen molar-refractivity contribution >= 4 is 17.2 Å². The Morgan fingerprint density at radius 1 is 1.23 bits per heavy atom. The summed E-state index contributed by atoms with van der Waals surface area (Å²) >= 11 is 1.64. The molecule has 0 aliphatic heterocycles. The molecule has 0 radical (unpaired) electrons. The van der Waals surface area contributed by atoms with Crippen molar-refractivity contribution in [1.82, 2.24) is 5.32 Å². The Kier molecular flexibility index (Phi) is 6.01. The number of para-hydroxylation sites is 1. The van der Waals surface area contributed by atoms with Gasteiger partial charge >= 0.3 is 0 Å². The number of thiophene rings is 1.